The first-order valence-corrected chi connectivity index (χ1v) is 7.20. The maximum atomic E-state index is 11.5. The highest BCUT2D eigenvalue weighted by Gasteiger charge is 2.33. The molecule has 2 saturated heterocycles. The van der Waals surface area contributed by atoms with E-state index in [4.69, 9.17) is 5.73 Å². The minimum Gasteiger partial charge on any atom is -0.368 e. The zero-order chi connectivity index (χ0) is 13.0. The molecule has 2 heterocycles. The molecule has 5 nitrogen and oxygen atoms in total. The van der Waals surface area contributed by atoms with Crippen LogP contribution in [0.5, 0.6) is 0 Å². The molecule has 2 rings (SSSR count). The lowest BCUT2D eigenvalue weighted by atomic mass is 9.99. The maximum Gasteiger partial charge on any atom is 0.236 e. The first-order chi connectivity index (χ1) is 8.72. The molecule has 18 heavy (non-hydrogen) atoms. The molecule has 0 radical (unpaired) electrons. The summed E-state index contributed by atoms with van der Waals surface area (Å²) in [6.45, 7) is 8.39. The first kappa shape index (κ1) is 13.8. The quantitative estimate of drug-likeness (QED) is 0.718. The van der Waals surface area contributed by atoms with E-state index in [1.54, 1.807) is 0 Å². The SMILES string of the molecule is CCCN1CCC(N2CCNCC2C(N)=O)CC1. The average molecular weight is 254 g/mol. The van der Waals surface area contributed by atoms with E-state index in [-0.39, 0.29) is 11.9 Å². The van der Waals surface area contributed by atoms with Crippen LogP contribution in [0.25, 0.3) is 0 Å². The smallest absolute Gasteiger partial charge is 0.236 e. The van der Waals surface area contributed by atoms with Crippen LogP contribution in [-0.4, -0.2) is 67.1 Å². The molecule has 1 amide bonds. The van der Waals surface area contributed by atoms with E-state index in [0.717, 1.165) is 26.2 Å². The molecule has 2 aliphatic rings. The van der Waals surface area contributed by atoms with Crippen molar-refractivity contribution in [1.82, 2.24) is 15.1 Å². The van der Waals surface area contributed by atoms with Crippen molar-refractivity contribution in [3.8, 4) is 0 Å². The van der Waals surface area contributed by atoms with Crippen molar-refractivity contribution in [2.75, 3.05) is 39.3 Å². The van der Waals surface area contributed by atoms with Crippen molar-refractivity contribution in [3.05, 3.63) is 0 Å². The van der Waals surface area contributed by atoms with Crippen molar-refractivity contribution in [2.24, 2.45) is 5.73 Å². The van der Waals surface area contributed by atoms with E-state index in [1.807, 2.05) is 0 Å². The van der Waals surface area contributed by atoms with Gasteiger partial charge in [0.25, 0.3) is 0 Å². The predicted octanol–water partition coefficient (Wildman–Crippen LogP) is -0.380. The molecular weight excluding hydrogens is 228 g/mol. The van der Waals surface area contributed by atoms with Crippen LogP contribution in [0.3, 0.4) is 0 Å². The Morgan fingerprint density at radius 3 is 2.67 bits per heavy atom. The van der Waals surface area contributed by atoms with Crippen molar-refractivity contribution in [1.29, 1.82) is 0 Å². The van der Waals surface area contributed by atoms with Crippen LogP contribution in [0.4, 0.5) is 0 Å². The summed E-state index contributed by atoms with van der Waals surface area (Å²) in [4.78, 5) is 16.4. The summed E-state index contributed by atoms with van der Waals surface area (Å²) < 4.78 is 0. The highest BCUT2D eigenvalue weighted by Crippen LogP contribution is 2.20. The fraction of sp³-hybridized carbons (Fsp3) is 0.923. The highest BCUT2D eigenvalue weighted by molar-refractivity contribution is 5.80. The van der Waals surface area contributed by atoms with Gasteiger partial charge in [0.15, 0.2) is 0 Å². The summed E-state index contributed by atoms with van der Waals surface area (Å²) in [6.07, 6.45) is 3.57. The summed E-state index contributed by atoms with van der Waals surface area (Å²) >= 11 is 0. The lowest BCUT2D eigenvalue weighted by Crippen LogP contribution is -2.61. The number of nitrogens with two attached hydrogens (primary N) is 1. The van der Waals surface area contributed by atoms with Crippen molar-refractivity contribution in [2.45, 2.75) is 38.3 Å². The fourth-order valence-electron chi connectivity index (χ4n) is 3.21. The van der Waals surface area contributed by atoms with E-state index in [1.165, 1.54) is 25.8 Å². The van der Waals surface area contributed by atoms with Gasteiger partial charge in [0, 0.05) is 25.7 Å². The third-order valence-corrected chi connectivity index (χ3v) is 4.18. The monoisotopic (exact) mass is 254 g/mol. The number of hydrogen-bond donors (Lipinski definition) is 2. The number of carbonyl (C=O) groups is 1. The van der Waals surface area contributed by atoms with Gasteiger partial charge in [-0.15, -0.1) is 0 Å². The molecule has 1 unspecified atom stereocenters. The van der Waals surface area contributed by atoms with Crippen LogP contribution in [0.1, 0.15) is 26.2 Å². The Hall–Kier alpha value is -0.650. The van der Waals surface area contributed by atoms with Gasteiger partial charge in [0.2, 0.25) is 5.91 Å². The molecule has 2 fully saturated rings. The zero-order valence-corrected chi connectivity index (χ0v) is 11.4. The second-order valence-corrected chi connectivity index (χ2v) is 5.43. The number of piperazine rings is 1. The number of nitrogens with one attached hydrogen (secondary N) is 1. The molecule has 3 N–H and O–H groups in total. The number of rotatable bonds is 4. The maximum absolute atomic E-state index is 11.5. The van der Waals surface area contributed by atoms with E-state index >= 15 is 0 Å². The molecule has 5 heteroatoms. The number of piperidine rings is 1. The predicted molar refractivity (Wildman–Crippen MR) is 72.3 cm³/mol. The third kappa shape index (κ3) is 3.22. The van der Waals surface area contributed by atoms with Gasteiger partial charge >= 0.3 is 0 Å². The molecule has 0 spiro atoms. The summed E-state index contributed by atoms with van der Waals surface area (Å²) in [5.41, 5.74) is 5.51. The molecule has 0 bridgehead atoms. The lowest BCUT2D eigenvalue weighted by molar-refractivity contribution is -0.125. The average Bonchev–Trinajstić information content (AvgIpc) is 2.40. The van der Waals surface area contributed by atoms with Crippen LogP contribution in [0.15, 0.2) is 0 Å². The summed E-state index contributed by atoms with van der Waals surface area (Å²) in [6, 6.07) is 0.430. The van der Waals surface area contributed by atoms with Crippen molar-refractivity contribution < 1.29 is 4.79 Å². The topological polar surface area (TPSA) is 61.6 Å². The first-order valence-electron chi connectivity index (χ1n) is 7.20. The second kappa shape index (κ2) is 6.50. The second-order valence-electron chi connectivity index (χ2n) is 5.43. The van der Waals surface area contributed by atoms with Crippen LogP contribution in [-0.2, 0) is 4.79 Å². The van der Waals surface area contributed by atoms with Gasteiger partial charge in [-0.2, -0.15) is 0 Å². The Morgan fingerprint density at radius 2 is 2.06 bits per heavy atom. The molecule has 0 aromatic heterocycles. The third-order valence-electron chi connectivity index (χ3n) is 4.18. The summed E-state index contributed by atoms with van der Waals surface area (Å²) in [7, 11) is 0. The van der Waals surface area contributed by atoms with Gasteiger partial charge in [-0.1, -0.05) is 6.92 Å². The van der Waals surface area contributed by atoms with Crippen LogP contribution in [0.2, 0.25) is 0 Å². The van der Waals surface area contributed by atoms with Gasteiger partial charge in [-0.05, 0) is 38.9 Å². The van der Waals surface area contributed by atoms with Gasteiger partial charge in [0.05, 0.1) is 0 Å². The number of carbonyl (C=O) groups excluding carboxylic acids is 1. The van der Waals surface area contributed by atoms with Gasteiger partial charge in [-0.3, -0.25) is 9.69 Å². The molecule has 0 aromatic rings. The summed E-state index contributed by atoms with van der Waals surface area (Å²) in [5.74, 6) is -0.182. The number of hydrogen-bond acceptors (Lipinski definition) is 4. The molecule has 0 saturated carbocycles. The Balaban J connectivity index is 1.88. The van der Waals surface area contributed by atoms with E-state index in [2.05, 4.69) is 22.0 Å². The van der Waals surface area contributed by atoms with E-state index < -0.39 is 0 Å². The number of nitrogens with zero attached hydrogens (tertiary/aromatic N) is 2. The van der Waals surface area contributed by atoms with Crippen molar-refractivity contribution >= 4 is 5.91 Å². The molecule has 0 aliphatic carbocycles. The fourth-order valence-corrected chi connectivity index (χ4v) is 3.21. The van der Waals surface area contributed by atoms with Crippen molar-refractivity contribution in [3.63, 3.8) is 0 Å². The van der Waals surface area contributed by atoms with Crippen LogP contribution >= 0.6 is 0 Å². The molecular formula is C13H26N4O. The number of likely N-dealkylation sites (tertiary alicyclic amines) is 1. The molecule has 0 aromatic carbocycles. The zero-order valence-electron chi connectivity index (χ0n) is 11.4. The molecule has 1 atom stereocenters. The van der Waals surface area contributed by atoms with E-state index in [9.17, 15) is 4.79 Å². The minimum atomic E-state index is -0.182. The van der Waals surface area contributed by atoms with Gasteiger partial charge in [-0.25, -0.2) is 0 Å². The van der Waals surface area contributed by atoms with Gasteiger partial charge in [0.1, 0.15) is 6.04 Å². The largest absolute Gasteiger partial charge is 0.368 e. The Bertz CT molecular complexity index is 276. The minimum absolute atomic E-state index is 0.110. The Morgan fingerprint density at radius 1 is 1.33 bits per heavy atom. The van der Waals surface area contributed by atoms with Gasteiger partial charge < -0.3 is 16.0 Å². The molecule has 2 aliphatic heterocycles. The lowest BCUT2D eigenvalue weighted by Gasteiger charge is -2.43. The number of amides is 1. The van der Waals surface area contributed by atoms with Crippen LogP contribution < -0.4 is 11.1 Å². The molecule has 104 valence electrons. The van der Waals surface area contributed by atoms with E-state index in [0.29, 0.717) is 12.6 Å². The Labute approximate surface area is 110 Å². The summed E-state index contributed by atoms with van der Waals surface area (Å²) in [5, 5.41) is 3.26. The number of primary amides is 1. The Kier molecular flexibility index (Phi) is 4.97. The standard InChI is InChI=1S/C13H26N4O/c1-2-6-16-7-3-11(4-8-16)17-9-5-15-10-12(17)13(14)18/h11-12,15H,2-10H2,1H3,(H2,14,18). The highest BCUT2D eigenvalue weighted by atomic mass is 16.1. The normalized spacial score (nSPS) is 28.4. The van der Waals surface area contributed by atoms with Crippen LogP contribution in [0, 0.1) is 0 Å².